The van der Waals surface area contributed by atoms with Crippen LogP contribution in [0.5, 0.6) is 5.75 Å². The SMILES string of the molecule is COc1cc(-c2nccc(-c3cccc(NC(=O)c4ccc(C=O)cn4)c3C)c2Cl)ccc1CN(C[C@@H]1CCC(=O)N1)C(=O)OC(C)(C)C. The van der Waals surface area contributed by atoms with Crippen molar-refractivity contribution in [2.75, 3.05) is 19.0 Å². The number of carbonyl (C=O) groups is 4. The number of halogens is 1. The highest BCUT2D eigenvalue weighted by Crippen LogP contribution is 2.39. The van der Waals surface area contributed by atoms with Crippen LogP contribution < -0.4 is 15.4 Å². The van der Waals surface area contributed by atoms with E-state index in [1.54, 1.807) is 24.3 Å². The average molecular weight is 684 g/mol. The number of hydrogen-bond acceptors (Lipinski definition) is 8. The monoisotopic (exact) mass is 683 g/mol. The van der Waals surface area contributed by atoms with E-state index in [0.717, 1.165) is 16.7 Å². The number of benzene rings is 2. The minimum absolute atomic E-state index is 0.0334. The molecular formula is C37H38ClN5O6. The zero-order chi connectivity index (χ0) is 35.3. The molecule has 254 valence electrons. The molecule has 2 aromatic heterocycles. The largest absolute Gasteiger partial charge is 0.496 e. The fourth-order valence-corrected chi connectivity index (χ4v) is 5.87. The van der Waals surface area contributed by atoms with Crippen LogP contribution in [0.2, 0.25) is 5.02 Å². The van der Waals surface area contributed by atoms with Gasteiger partial charge >= 0.3 is 6.09 Å². The molecule has 4 aromatic rings. The highest BCUT2D eigenvalue weighted by molar-refractivity contribution is 6.35. The lowest BCUT2D eigenvalue weighted by Gasteiger charge is -2.29. The van der Waals surface area contributed by atoms with Gasteiger partial charge in [0.15, 0.2) is 6.29 Å². The molecule has 5 rings (SSSR count). The van der Waals surface area contributed by atoms with Crippen molar-refractivity contribution in [3.05, 3.63) is 94.4 Å². The van der Waals surface area contributed by atoms with Gasteiger partial charge in [-0.25, -0.2) is 4.79 Å². The Morgan fingerprint density at radius 1 is 1.10 bits per heavy atom. The number of rotatable bonds is 10. The Hall–Kier alpha value is -5.29. The number of hydrogen-bond donors (Lipinski definition) is 2. The van der Waals surface area contributed by atoms with Gasteiger partial charge in [-0.2, -0.15) is 0 Å². The van der Waals surface area contributed by atoms with Crippen LogP contribution >= 0.6 is 11.6 Å². The molecule has 11 nitrogen and oxygen atoms in total. The second-order valence-electron chi connectivity index (χ2n) is 12.7. The molecular weight excluding hydrogens is 646 g/mol. The first-order valence-corrected chi connectivity index (χ1v) is 16.2. The van der Waals surface area contributed by atoms with E-state index in [9.17, 15) is 19.2 Å². The maximum Gasteiger partial charge on any atom is 0.410 e. The molecule has 0 radical (unpaired) electrons. The molecule has 3 amide bonds. The predicted octanol–water partition coefficient (Wildman–Crippen LogP) is 6.86. The number of methoxy groups -OCH3 is 1. The second kappa shape index (κ2) is 14.9. The molecule has 1 aliphatic heterocycles. The smallest absolute Gasteiger partial charge is 0.410 e. The van der Waals surface area contributed by atoms with Crippen molar-refractivity contribution in [1.29, 1.82) is 0 Å². The summed E-state index contributed by atoms with van der Waals surface area (Å²) >= 11 is 7.03. The van der Waals surface area contributed by atoms with Gasteiger partial charge in [0.2, 0.25) is 5.91 Å². The molecule has 3 heterocycles. The third-order valence-corrected chi connectivity index (χ3v) is 8.40. The Labute approximate surface area is 290 Å². The molecule has 49 heavy (non-hydrogen) atoms. The van der Waals surface area contributed by atoms with E-state index in [1.165, 1.54) is 18.3 Å². The van der Waals surface area contributed by atoms with E-state index in [-0.39, 0.29) is 24.2 Å². The van der Waals surface area contributed by atoms with Gasteiger partial charge in [0, 0.05) is 59.3 Å². The van der Waals surface area contributed by atoms with Gasteiger partial charge in [-0.15, -0.1) is 0 Å². The zero-order valence-corrected chi connectivity index (χ0v) is 28.8. The van der Waals surface area contributed by atoms with Gasteiger partial charge in [0.05, 0.1) is 24.4 Å². The van der Waals surface area contributed by atoms with Crippen LogP contribution in [0.1, 0.15) is 65.6 Å². The van der Waals surface area contributed by atoms with Crippen LogP contribution in [-0.2, 0) is 16.1 Å². The van der Waals surface area contributed by atoms with E-state index in [4.69, 9.17) is 21.1 Å². The van der Waals surface area contributed by atoms with Crippen LogP contribution in [0.3, 0.4) is 0 Å². The van der Waals surface area contributed by atoms with Gasteiger partial charge in [-0.1, -0.05) is 35.9 Å². The minimum Gasteiger partial charge on any atom is -0.496 e. The first-order valence-electron chi connectivity index (χ1n) is 15.8. The van der Waals surface area contributed by atoms with Crippen LogP contribution in [-0.4, -0.2) is 64.4 Å². The Morgan fingerprint density at radius 2 is 1.90 bits per heavy atom. The van der Waals surface area contributed by atoms with Crippen molar-refractivity contribution in [3.8, 4) is 28.1 Å². The molecule has 2 aromatic carbocycles. The van der Waals surface area contributed by atoms with E-state index in [0.29, 0.717) is 64.5 Å². The maximum atomic E-state index is 13.2. The number of amides is 3. The molecule has 0 unspecified atom stereocenters. The lowest BCUT2D eigenvalue weighted by molar-refractivity contribution is -0.119. The number of aldehydes is 1. The van der Waals surface area contributed by atoms with Gasteiger partial charge in [0.1, 0.15) is 17.0 Å². The third kappa shape index (κ3) is 8.42. The molecule has 1 fully saturated rings. The number of aromatic nitrogens is 2. The van der Waals surface area contributed by atoms with Crippen molar-refractivity contribution >= 4 is 41.5 Å². The number of pyridine rings is 2. The molecule has 0 saturated carbocycles. The molecule has 1 atom stereocenters. The van der Waals surface area contributed by atoms with Crippen LogP contribution in [0.4, 0.5) is 10.5 Å². The summed E-state index contributed by atoms with van der Waals surface area (Å²) in [6, 6.07) is 15.7. The standard InChI is InChI=1S/C37H38ClN5O6/c1-22-27(7-6-8-29(22)42-35(46)30-13-9-23(21-44)18-40-30)28-15-16-39-34(33(28)38)24-10-11-25(31(17-24)48-5)19-43(36(47)49-37(2,3)4)20-26-12-14-32(45)41-26/h6-11,13,15-18,21,26H,12,14,19-20H2,1-5H3,(H,41,45)(H,42,46)/t26-/m0/s1. The van der Waals surface area contributed by atoms with Crippen LogP contribution in [0.15, 0.2) is 67.0 Å². The number of anilines is 1. The molecule has 1 saturated heterocycles. The van der Waals surface area contributed by atoms with Crippen molar-refractivity contribution in [2.45, 2.75) is 58.7 Å². The first kappa shape index (κ1) is 35.0. The highest BCUT2D eigenvalue weighted by Gasteiger charge is 2.29. The van der Waals surface area contributed by atoms with Crippen LogP contribution in [0, 0.1) is 6.92 Å². The lowest BCUT2D eigenvalue weighted by atomic mass is 9.97. The second-order valence-corrected chi connectivity index (χ2v) is 13.1. The number of nitrogens with zero attached hydrogens (tertiary/aromatic N) is 3. The summed E-state index contributed by atoms with van der Waals surface area (Å²) in [5, 5.41) is 6.23. The highest BCUT2D eigenvalue weighted by atomic mass is 35.5. The predicted molar refractivity (Wildman–Crippen MR) is 187 cm³/mol. The van der Waals surface area contributed by atoms with Gasteiger partial charge < -0.3 is 25.0 Å². The van der Waals surface area contributed by atoms with E-state index >= 15 is 0 Å². The van der Waals surface area contributed by atoms with E-state index in [2.05, 4.69) is 20.6 Å². The quantitative estimate of drug-likeness (QED) is 0.173. The number of ether oxygens (including phenoxy) is 2. The molecule has 0 spiro atoms. The molecule has 12 heteroatoms. The van der Waals surface area contributed by atoms with Gasteiger partial charge in [-0.3, -0.25) is 24.4 Å². The Kier molecular flexibility index (Phi) is 10.6. The van der Waals surface area contributed by atoms with Crippen molar-refractivity contribution in [1.82, 2.24) is 20.2 Å². The summed E-state index contributed by atoms with van der Waals surface area (Å²) in [6.07, 6.45) is 4.25. The Bertz CT molecular complexity index is 1890. The average Bonchev–Trinajstić information content (AvgIpc) is 3.49. The normalized spacial score (nSPS) is 14.2. The zero-order valence-electron chi connectivity index (χ0n) is 28.0. The Morgan fingerprint density at radius 3 is 2.55 bits per heavy atom. The summed E-state index contributed by atoms with van der Waals surface area (Å²) < 4.78 is 11.5. The van der Waals surface area contributed by atoms with E-state index < -0.39 is 17.6 Å². The van der Waals surface area contributed by atoms with Crippen molar-refractivity contribution in [2.24, 2.45) is 0 Å². The van der Waals surface area contributed by atoms with Gasteiger partial charge in [-0.05, 0) is 75.6 Å². The fraction of sp³-hybridized carbons (Fsp3) is 0.297. The van der Waals surface area contributed by atoms with Gasteiger partial charge in [0.25, 0.3) is 5.91 Å². The summed E-state index contributed by atoms with van der Waals surface area (Å²) in [5.74, 6) is 0.0824. The fourth-order valence-electron chi connectivity index (χ4n) is 5.55. The maximum absolute atomic E-state index is 13.2. The topological polar surface area (TPSA) is 140 Å². The minimum atomic E-state index is -0.694. The molecule has 2 N–H and O–H groups in total. The first-order chi connectivity index (χ1) is 23.4. The van der Waals surface area contributed by atoms with Crippen molar-refractivity contribution in [3.63, 3.8) is 0 Å². The summed E-state index contributed by atoms with van der Waals surface area (Å²) in [7, 11) is 1.55. The van der Waals surface area contributed by atoms with E-state index in [1.807, 2.05) is 64.1 Å². The molecule has 0 aliphatic carbocycles. The summed E-state index contributed by atoms with van der Waals surface area (Å²) in [6.45, 7) is 7.80. The Balaban J connectivity index is 1.41. The number of nitrogens with one attached hydrogen (secondary N) is 2. The number of carbonyl (C=O) groups excluding carboxylic acids is 4. The molecule has 0 bridgehead atoms. The molecule has 1 aliphatic rings. The summed E-state index contributed by atoms with van der Waals surface area (Å²) in [4.78, 5) is 59.2. The summed E-state index contributed by atoms with van der Waals surface area (Å²) in [5.41, 5.74) is 4.70. The lowest BCUT2D eigenvalue weighted by Crippen LogP contribution is -2.43. The van der Waals surface area contributed by atoms with Crippen molar-refractivity contribution < 1.29 is 28.7 Å². The third-order valence-electron chi connectivity index (χ3n) is 8.02. The van der Waals surface area contributed by atoms with Crippen LogP contribution in [0.25, 0.3) is 22.4 Å².